The van der Waals surface area contributed by atoms with Gasteiger partial charge in [0.05, 0.1) is 16.8 Å². The van der Waals surface area contributed by atoms with Crippen LogP contribution in [0.4, 0.5) is 28.4 Å². The minimum atomic E-state index is -0.336. The van der Waals surface area contributed by atoms with Crippen molar-refractivity contribution in [3.63, 3.8) is 0 Å². The first-order valence-electron chi connectivity index (χ1n) is 25.0. The van der Waals surface area contributed by atoms with Gasteiger partial charge in [-0.25, -0.2) is 0 Å². The summed E-state index contributed by atoms with van der Waals surface area (Å²) in [6.45, 7) is 23.2. The molecule has 4 heterocycles. The average molecular weight is 899 g/mol. The van der Waals surface area contributed by atoms with Gasteiger partial charge in [-0.05, 0) is 145 Å². The van der Waals surface area contributed by atoms with Gasteiger partial charge in [0.15, 0.2) is 0 Å². The molecule has 69 heavy (non-hydrogen) atoms. The molecule has 0 spiro atoms. The van der Waals surface area contributed by atoms with Gasteiger partial charge in [-0.2, -0.15) is 0 Å². The maximum atomic E-state index is 7.77. The van der Waals surface area contributed by atoms with E-state index in [0.717, 1.165) is 74.2 Å². The standard InChI is InChI=1S/C64H59BN2O2/c1-61(2,3)40-24-27-42(28-25-40)67-58-45(29-31-53-56(58)44-22-16-17-23-52(44)68-53)55-43-21-15-14-20-39(43)34-51-57(55)65(67)60-59(47-36-48-49(37-54(47)69-60)64(9,10)33-32-63(48,7)8)66(51)50-30-26-41(62(4,5)6)35-46(50)38-18-12-11-13-19-38/h11-31,34-37H,32-33H2,1-10H3. The first kappa shape index (κ1) is 42.2. The number of benzene rings is 8. The topological polar surface area (TPSA) is 32.8 Å². The SMILES string of the molecule is CC(C)(C)c1ccc(N2B3c4oc5cc6c(cc5c4N(c4ccc(C(C)(C)C)cc4-c4ccccc4)c4cc5ccccc5c(c43)-c3ccc4oc5ccccc5c4c32)C(C)(C)CCC6(C)C)cc1. The molecule has 13 rings (SSSR count). The van der Waals surface area contributed by atoms with Crippen molar-refractivity contribution >= 4 is 90.1 Å². The van der Waals surface area contributed by atoms with Crippen LogP contribution in [0, 0.1) is 0 Å². The van der Waals surface area contributed by atoms with Crippen LogP contribution in [0.25, 0.3) is 65.9 Å². The molecule has 3 aliphatic rings. The zero-order valence-corrected chi connectivity index (χ0v) is 41.6. The lowest BCUT2D eigenvalue weighted by Crippen LogP contribution is -2.61. The van der Waals surface area contributed by atoms with E-state index in [4.69, 9.17) is 8.83 Å². The third-order valence-electron chi connectivity index (χ3n) is 16.2. The number of hydrogen-bond acceptors (Lipinski definition) is 4. The van der Waals surface area contributed by atoms with E-state index < -0.39 is 0 Å². The van der Waals surface area contributed by atoms with Gasteiger partial charge in [-0.3, -0.25) is 0 Å². The molecule has 1 aliphatic carbocycles. The van der Waals surface area contributed by atoms with E-state index in [2.05, 4.69) is 231 Å². The van der Waals surface area contributed by atoms with E-state index in [1.54, 1.807) is 0 Å². The number of para-hydroxylation sites is 1. The highest BCUT2D eigenvalue weighted by Crippen LogP contribution is 2.56. The molecule has 4 nitrogen and oxygen atoms in total. The van der Waals surface area contributed by atoms with Crippen molar-refractivity contribution in [3.8, 4) is 22.3 Å². The minimum absolute atomic E-state index is 0.00170. The van der Waals surface area contributed by atoms with Crippen LogP contribution in [0.15, 0.2) is 160 Å². The van der Waals surface area contributed by atoms with Crippen LogP contribution in [-0.4, -0.2) is 6.85 Å². The summed E-state index contributed by atoms with van der Waals surface area (Å²) in [6, 6.07) is 57.0. The quantitative estimate of drug-likeness (QED) is 0.165. The fourth-order valence-electron chi connectivity index (χ4n) is 12.3. The summed E-state index contributed by atoms with van der Waals surface area (Å²) in [5.74, 6) is 0. The van der Waals surface area contributed by atoms with Crippen LogP contribution >= 0.6 is 0 Å². The van der Waals surface area contributed by atoms with Crippen LogP contribution in [0.2, 0.25) is 0 Å². The normalized spacial score (nSPS) is 16.0. The summed E-state index contributed by atoms with van der Waals surface area (Å²) in [5.41, 5.74) is 20.7. The Morgan fingerprint density at radius 3 is 1.88 bits per heavy atom. The minimum Gasteiger partial charge on any atom is -0.466 e. The van der Waals surface area contributed by atoms with Gasteiger partial charge in [0.25, 0.3) is 0 Å². The second-order valence-corrected chi connectivity index (χ2v) is 23.6. The van der Waals surface area contributed by atoms with Crippen molar-refractivity contribution in [1.82, 2.24) is 0 Å². The predicted octanol–water partition coefficient (Wildman–Crippen LogP) is 16.8. The van der Waals surface area contributed by atoms with Gasteiger partial charge in [0.1, 0.15) is 22.4 Å². The molecule has 0 bridgehead atoms. The fourth-order valence-corrected chi connectivity index (χ4v) is 12.3. The van der Waals surface area contributed by atoms with Crippen LogP contribution < -0.4 is 20.8 Å². The third kappa shape index (κ3) is 6.14. The molecule has 0 atom stereocenters. The van der Waals surface area contributed by atoms with Crippen molar-refractivity contribution in [1.29, 1.82) is 0 Å². The van der Waals surface area contributed by atoms with Gasteiger partial charge in [0.2, 0.25) is 0 Å². The van der Waals surface area contributed by atoms with Crippen LogP contribution in [0.1, 0.15) is 104 Å². The van der Waals surface area contributed by atoms with Crippen LogP contribution in [0.5, 0.6) is 0 Å². The summed E-state index contributed by atoms with van der Waals surface area (Å²) in [7, 11) is 0. The Morgan fingerprint density at radius 1 is 0.507 bits per heavy atom. The molecule has 5 heteroatoms. The fraction of sp³-hybridized carbons (Fsp3) is 0.250. The zero-order valence-electron chi connectivity index (χ0n) is 41.6. The number of nitrogens with zero attached hydrogens (tertiary/aromatic N) is 2. The molecule has 0 N–H and O–H groups in total. The van der Waals surface area contributed by atoms with Gasteiger partial charge in [-0.1, -0.05) is 160 Å². The van der Waals surface area contributed by atoms with Gasteiger partial charge < -0.3 is 18.5 Å². The van der Waals surface area contributed by atoms with Crippen molar-refractivity contribution in [2.75, 3.05) is 9.71 Å². The van der Waals surface area contributed by atoms with Gasteiger partial charge in [-0.15, -0.1) is 0 Å². The molecule has 2 aromatic heterocycles. The first-order chi connectivity index (χ1) is 33.0. The van der Waals surface area contributed by atoms with Crippen molar-refractivity contribution < 1.29 is 8.83 Å². The molecule has 2 aliphatic heterocycles. The summed E-state index contributed by atoms with van der Waals surface area (Å²) >= 11 is 0. The van der Waals surface area contributed by atoms with E-state index in [0.29, 0.717) is 0 Å². The maximum absolute atomic E-state index is 7.77. The zero-order chi connectivity index (χ0) is 47.5. The second-order valence-electron chi connectivity index (χ2n) is 23.6. The molecule has 0 saturated carbocycles. The molecule has 8 aromatic carbocycles. The van der Waals surface area contributed by atoms with Crippen LogP contribution in [-0.2, 0) is 21.7 Å². The lowest BCUT2D eigenvalue weighted by molar-refractivity contribution is 0.332. The highest BCUT2D eigenvalue weighted by Gasteiger charge is 2.51. The molecule has 340 valence electrons. The van der Waals surface area contributed by atoms with E-state index in [1.807, 2.05) is 0 Å². The number of fused-ring (bicyclic) bond motifs is 13. The smallest absolute Gasteiger partial charge is 0.375 e. The summed E-state index contributed by atoms with van der Waals surface area (Å²) < 4.78 is 14.5. The Balaban J connectivity index is 1.23. The molecular formula is C64H59BN2O2. The lowest BCUT2D eigenvalue weighted by atomic mass is 9.45. The Bertz CT molecular complexity index is 3760. The highest BCUT2D eigenvalue weighted by atomic mass is 16.3. The van der Waals surface area contributed by atoms with E-state index in [-0.39, 0.29) is 28.5 Å². The largest absolute Gasteiger partial charge is 0.466 e. The van der Waals surface area contributed by atoms with Crippen molar-refractivity contribution in [2.45, 2.75) is 104 Å². The Kier molecular flexibility index (Phi) is 8.73. The molecule has 0 saturated heterocycles. The Morgan fingerprint density at radius 2 is 1.16 bits per heavy atom. The number of anilines is 5. The molecule has 0 amide bonds. The first-order valence-corrected chi connectivity index (χ1v) is 25.0. The number of furan rings is 2. The highest BCUT2D eigenvalue weighted by molar-refractivity contribution is 6.93. The second kappa shape index (κ2) is 14.3. The van der Waals surface area contributed by atoms with Crippen molar-refractivity contribution in [2.24, 2.45) is 0 Å². The van der Waals surface area contributed by atoms with Gasteiger partial charge >= 0.3 is 6.85 Å². The predicted molar refractivity (Wildman–Crippen MR) is 293 cm³/mol. The summed E-state index contributed by atoms with van der Waals surface area (Å²) in [5, 5.41) is 5.80. The average Bonchev–Trinajstić information content (AvgIpc) is 3.91. The monoisotopic (exact) mass is 898 g/mol. The van der Waals surface area contributed by atoms with Crippen molar-refractivity contribution in [3.05, 3.63) is 174 Å². The Labute approximate surface area is 406 Å². The maximum Gasteiger partial charge on any atom is 0.375 e. The van der Waals surface area contributed by atoms with E-state index >= 15 is 0 Å². The molecule has 0 fully saturated rings. The lowest BCUT2D eigenvalue weighted by Gasteiger charge is -2.45. The molecule has 0 unspecified atom stereocenters. The van der Waals surface area contributed by atoms with E-state index in [1.165, 1.54) is 66.4 Å². The molecular weight excluding hydrogens is 840 g/mol. The summed E-state index contributed by atoms with van der Waals surface area (Å²) in [4.78, 5) is 5.21. The Hall–Kier alpha value is -6.98. The third-order valence-corrected chi connectivity index (χ3v) is 16.2. The summed E-state index contributed by atoms with van der Waals surface area (Å²) in [6.07, 6.45) is 2.25. The van der Waals surface area contributed by atoms with Gasteiger partial charge in [0, 0.05) is 39.0 Å². The van der Waals surface area contributed by atoms with E-state index in [9.17, 15) is 0 Å². The number of rotatable bonds is 3. The van der Waals surface area contributed by atoms with Crippen LogP contribution in [0.3, 0.4) is 0 Å². The number of hydrogen-bond donors (Lipinski definition) is 0. The molecule has 10 aromatic rings. The molecule has 0 radical (unpaired) electrons.